The number of carbonyl (C=O) groups excluding carboxylic acids is 5. The van der Waals surface area contributed by atoms with E-state index in [2.05, 4.69) is 20.1 Å². The van der Waals surface area contributed by atoms with Crippen LogP contribution >= 0.6 is 0 Å². The summed E-state index contributed by atoms with van der Waals surface area (Å²) in [6, 6.07) is -1.99. The molecule has 0 spiro atoms. The van der Waals surface area contributed by atoms with E-state index < -0.39 is 72.3 Å². The quantitative estimate of drug-likeness (QED) is 0.146. The molecule has 15 heteroatoms. The van der Waals surface area contributed by atoms with Crippen molar-refractivity contribution in [3.63, 3.8) is 0 Å². The zero-order valence-corrected chi connectivity index (χ0v) is 18.2. The molecule has 33 heavy (non-hydrogen) atoms. The van der Waals surface area contributed by atoms with Gasteiger partial charge in [0.1, 0.15) is 12.2 Å². The summed E-state index contributed by atoms with van der Waals surface area (Å²) in [4.78, 5) is 72.8. The molecule has 1 fully saturated rings. The maximum Gasteiger partial charge on any atom is 0.349 e. The van der Waals surface area contributed by atoms with Crippen LogP contribution in [0.4, 0.5) is 0 Å². The van der Waals surface area contributed by atoms with Crippen molar-refractivity contribution in [2.24, 2.45) is 5.11 Å². The standard InChI is InChI=1S/C18H24N4O11/c1-7(23)30-13-6-12(21-22-19)14(31-8(2)24)5-11(13)20-17(27)15(32-9(3)25)16(18(28)29)33-10(4)26/h11-16H,5-6H2,1-4H3,(H,20,27)(H,28,29)/t11-,12-,13-,14-,15-,16-/m1/s1. The zero-order chi connectivity index (χ0) is 25.3. The molecule has 0 aliphatic heterocycles. The Balaban J connectivity index is 3.25. The lowest BCUT2D eigenvalue weighted by Crippen LogP contribution is -2.58. The second kappa shape index (κ2) is 12.2. The van der Waals surface area contributed by atoms with Crippen molar-refractivity contribution in [3.8, 4) is 0 Å². The summed E-state index contributed by atoms with van der Waals surface area (Å²) in [5.41, 5.74) is 8.79. The van der Waals surface area contributed by atoms with E-state index >= 15 is 0 Å². The average Bonchev–Trinajstić information content (AvgIpc) is 2.66. The molecule has 0 aromatic heterocycles. The number of amides is 1. The van der Waals surface area contributed by atoms with Crippen LogP contribution in [0.1, 0.15) is 40.5 Å². The Morgan fingerprint density at radius 2 is 1.39 bits per heavy atom. The van der Waals surface area contributed by atoms with Crippen LogP contribution in [0.3, 0.4) is 0 Å². The Hall–Kier alpha value is -3.87. The van der Waals surface area contributed by atoms with Gasteiger partial charge in [0, 0.05) is 39.0 Å². The molecule has 2 N–H and O–H groups in total. The number of esters is 4. The van der Waals surface area contributed by atoms with Crippen molar-refractivity contribution < 1.29 is 52.8 Å². The molecule has 15 nitrogen and oxygen atoms in total. The molecule has 0 radical (unpaired) electrons. The molecule has 0 heterocycles. The number of azide groups is 1. The minimum atomic E-state index is -2.16. The monoisotopic (exact) mass is 472 g/mol. The molecule has 6 atom stereocenters. The molecule has 0 aromatic rings. The van der Waals surface area contributed by atoms with Crippen molar-refractivity contribution in [1.29, 1.82) is 0 Å². The first-order valence-corrected chi connectivity index (χ1v) is 9.61. The third-order valence-electron chi connectivity index (χ3n) is 4.36. The van der Waals surface area contributed by atoms with Crippen LogP contribution in [-0.4, -0.2) is 77.4 Å². The van der Waals surface area contributed by atoms with E-state index in [1.807, 2.05) is 0 Å². The number of nitrogens with zero attached hydrogens (tertiary/aromatic N) is 3. The van der Waals surface area contributed by atoms with Crippen LogP contribution in [0, 0.1) is 0 Å². The van der Waals surface area contributed by atoms with Crippen molar-refractivity contribution in [2.75, 3.05) is 0 Å². The SMILES string of the molecule is CC(=O)O[C@@H]1C[C@@H](NC(=O)[C@H](OC(C)=O)[C@@H](OC(C)=O)C(=O)O)[C@H](OC(C)=O)C[C@H]1N=[N+]=[N-]. The van der Waals surface area contributed by atoms with Crippen LogP contribution in [-0.2, 0) is 47.7 Å². The summed E-state index contributed by atoms with van der Waals surface area (Å²) in [7, 11) is 0. The topological polar surface area (TPSA) is 220 Å². The molecular weight excluding hydrogens is 448 g/mol. The second-order valence-electron chi connectivity index (χ2n) is 7.05. The molecule has 1 aliphatic carbocycles. The summed E-state index contributed by atoms with van der Waals surface area (Å²) < 4.78 is 19.7. The Kier molecular flexibility index (Phi) is 10.1. The lowest BCUT2D eigenvalue weighted by molar-refractivity contribution is -0.181. The van der Waals surface area contributed by atoms with Gasteiger partial charge in [0.15, 0.2) is 0 Å². The van der Waals surface area contributed by atoms with Gasteiger partial charge in [-0.2, -0.15) is 0 Å². The molecule has 1 saturated carbocycles. The summed E-state index contributed by atoms with van der Waals surface area (Å²) in [6.07, 6.45) is -6.65. The van der Waals surface area contributed by atoms with Gasteiger partial charge in [0.25, 0.3) is 5.91 Å². The first kappa shape index (κ1) is 27.2. The summed E-state index contributed by atoms with van der Waals surface area (Å²) >= 11 is 0. The molecule has 182 valence electrons. The van der Waals surface area contributed by atoms with Crippen molar-refractivity contribution in [2.45, 2.75) is 77.0 Å². The van der Waals surface area contributed by atoms with Crippen LogP contribution in [0.25, 0.3) is 10.4 Å². The van der Waals surface area contributed by atoms with E-state index in [-0.39, 0.29) is 12.8 Å². The lowest BCUT2D eigenvalue weighted by atomic mass is 9.86. The number of hydrogen-bond donors (Lipinski definition) is 2. The minimum absolute atomic E-state index is 0.142. The van der Waals surface area contributed by atoms with Gasteiger partial charge in [-0.25, -0.2) is 4.79 Å². The third-order valence-corrected chi connectivity index (χ3v) is 4.36. The summed E-state index contributed by atoms with van der Waals surface area (Å²) in [5, 5.41) is 15.3. The fourth-order valence-electron chi connectivity index (χ4n) is 3.25. The van der Waals surface area contributed by atoms with Gasteiger partial charge in [-0.1, -0.05) is 5.11 Å². The predicted molar refractivity (Wildman–Crippen MR) is 104 cm³/mol. The van der Waals surface area contributed by atoms with Crippen LogP contribution in [0.2, 0.25) is 0 Å². The number of rotatable bonds is 9. The summed E-state index contributed by atoms with van der Waals surface area (Å²) in [5.74, 6) is -6.44. The largest absolute Gasteiger partial charge is 0.478 e. The normalized spacial score (nSPS) is 23.5. The first-order valence-electron chi connectivity index (χ1n) is 9.61. The maximum absolute atomic E-state index is 12.9. The Morgan fingerprint density at radius 3 is 1.85 bits per heavy atom. The fourth-order valence-corrected chi connectivity index (χ4v) is 3.25. The van der Waals surface area contributed by atoms with Crippen molar-refractivity contribution >= 4 is 35.8 Å². The first-order chi connectivity index (χ1) is 15.3. The van der Waals surface area contributed by atoms with Crippen LogP contribution in [0.5, 0.6) is 0 Å². The summed E-state index contributed by atoms with van der Waals surface area (Å²) in [6.45, 7) is 4.03. The molecular formula is C18H24N4O11. The maximum atomic E-state index is 12.9. The number of carbonyl (C=O) groups is 6. The zero-order valence-electron chi connectivity index (χ0n) is 18.2. The number of nitrogens with one attached hydrogen (secondary N) is 1. The van der Waals surface area contributed by atoms with Gasteiger partial charge in [-0.15, -0.1) is 0 Å². The van der Waals surface area contributed by atoms with Crippen molar-refractivity contribution in [1.82, 2.24) is 5.32 Å². The molecule has 0 saturated heterocycles. The van der Waals surface area contributed by atoms with Gasteiger partial charge in [-0.05, 0) is 12.0 Å². The Bertz CT molecular complexity index is 854. The highest BCUT2D eigenvalue weighted by molar-refractivity contribution is 5.91. The third kappa shape index (κ3) is 8.65. The Morgan fingerprint density at radius 1 is 0.879 bits per heavy atom. The number of ether oxygens (including phenoxy) is 4. The van der Waals surface area contributed by atoms with Crippen molar-refractivity contribution in [3.05, 3.63) is 10.4 Å². The van der Waals surface area contributed by atoms with Gasteiger partial charge in [-0.3, -0.25) is 24.0 Å². The number of carboxylic acids is 1. The number of carboxylic acid groups (broad SMARTS) is 1. The average molecular weight is 472 g/mol. The second-order valence-corrected chi connectivity index (χ2v) is 7.05. The Labute approximate surface area is 187 Å². The minimum Gasteiger partial charge on any atom is -0.478 e. The van der Waals surface area contributed by atoms with Gasteiger partial charge < -0.3 is 29.4 Å². The smallest absolute Gasteiger partial charge is 0.349 e. The predicted octanol–water partition coefficient (Wildman–Crippen LogP) is -0.245. The molecule has 0 aromatic carbocycles. The van der Waals surface area contributed by atoms with Gasteiger partial charge in [0.05, 0.1) is 12.1 Å². The van der Waals surface area contributed by atoms with Gasteiger partial charge in [0.2, 0.25) is 12.2 Å². The van der Waals surface area contributed by atoms with E-state index in [1.54, 1.807) is 0 Å². The highest BCUT2D eigenvalue weighted by Crippen LogP contribution is 2.28. The molecule has 1 amide bonds. The highest BCUT2D eigenvalue weighted by atomic mass is 16.6. The van der Waals surface area contributed by atoms with E-state index in [0.717, 1.165) is 27.7 Å². The number of aliphatic carboxylic acids is 1. The molecule has 1 aliphatic rings. The van der Waals surface area contributed by atoms with E-state index in [0.29, 0.717) is 0 Å². The molecule has 0 unspecified atom stereocenters. The molecule has 0 bridgehead atoms. The lowest BCUT2D eigenvalue weighted by Gasteiger charge is -2.39. The van der Waals surface area contributed by atoms with E-state index in [9.17, 15) is 33.9 Å². The van der Waals surface area contributed by atoms with Crippen LogP contribution in [0.15, 0.2) is 5.11 Å². The number of hydrogen-bond acceptors (Lipinski definition) is 11. The van der Waals surface area contributed by atoms with E-state index in [4.69, 9.17) is 19.7 Å². The fraction of sp³-hybridized carbons (Fsp3) is 0.667. The highest BCUT2D eigenvalue weighted by Gasteiger charge is 2.45. The van der Waals surface area contributed by atoms with Crippen LogP contribution < -0.4 is 5.32 Å². The molecule has 1 rings (SSSR count). The van der Waals surface area contributed by atoms with Gasteiger partial charge >= 0.3 is 29.8 Å². The van der Waals surface area contributed by atoms with E-state index in [1.165, 1.54) is 0 Å².